The van der Waals surface area contributed by atoms with E-state index < -0.39 is 0 Å². The van der Waals surface area contributed by atoms with Gasteiger partial charge in [-0.1, -0.05) is 12.2 Å². The second-order valence-electron chi connectivity index (χ2n) is 2.85. The topological polar surface area (TPSA) is 43.1 Å². The predicted molar refractivity (Wildman–Crippen MR) is 40.5 cm³/mol. The first kappa shape index (κ1) is 7.22. The standard InChI is InChI=1S/C8H11NO/c1-8(9)5-2-3-7(10)4-6-8/h2-4,6H,5,9H2,1H3. The van der Waals surface area contributed by atoms with Gasteiger partial charge in [0.1, 0.15) is 0 Å². The molecule has 0 amide bonds. The van der Waals surface area contributed by atoms with Crippen LogP contribution < -0.4 is 5.73 Å². The smallest absolute Gasteiger partial charge is 0.178 e. The van der Waals surface area contributed by atoms with Crippen LogP contribution in [0, 0.1) is 0 Å². The highest BCUT2D eigenvalue weighted by molar-refractivity contribution is 5.99. The Hall–Kier alpha value is -0.890. The summed E-state index contributed by atoms with van der Waals surface area (Å²) >= 11 is 0. The third kappa shape index (κ3) is 1.81. The number of ketones is 1. The molecule has 1 rings (SSSR count). The zero-order valence-electron chi connectivity index (χ0n) is 6.00. The van der Waals surface area contributed by atoms with Crippen molar-refractivity contribution in [2.24, 2.45) is 5.73 Å². The summed E-state index contributed by atoms with van der Waals surface area (Å²) in [6.07, 6.45) is 7.35. The number of rotatable bonds is 0. The molecular formula is C8H11NO. The summed E-state index contributed by atoms with van der Waals surface area (Å²) in [5.41, 5.74) is 5.41. The maximum Gasteiger partial charge on any atom is 0.178 e. The van der Waals surface area contributed by atoms with E-state index in [2.05, 4.69) is 0 Å². The van der Waals surface area contributed by atoms with Crippen LogP contribution in [-0.2, 0) is 4.79 Å². The van der Waals surface area contributed by atoms with Crippen molar-refractivity contribution < 1.29 is 4.79 Å². The van der Waals surface area contributed by atoms with E-state index in [9.17, 15) is 4.79 Å². The van der Waals surface area contributed by atoms with Crippen molar-refractivity contribution >= 4 is 5.78 Å². The molecule has 54 valence electrons. The van der Waals surface area contributed by atoms with Gasteiger partial charge in [-0.2, -0.15) is 0 Å². The third-order valence-corrected chi connectivity index (χ3v) is 1.47. The highest BCUT2D eigenvalue weighted by Gasteiger charge is 2.14. The van der Waals surface area contributed by atoms with Crippen LogP contribution in [-0.4, -0.2) is 11.3 Å². The van der Waals surface area contributed by atoms with Gasteiger partial charge in [0.05, 0.1) is 0 Å². The van der Waals surface area contributed by atoms with Crippen LogP contribution >= 0.6 is 0 Å². The number of carbonyl (C=O) groups excluding carboxylic acids is 1. The number of hydrogen-bond acceptors (Lipinski definition) is 2. The quantitative estimate of drug-likeness (QED) is 0.536. The molecule has 2 N–H and O–H groups in total. The SMILES string of the molecule is CC1(N)C=CC(=O)C=CC1. The Kier molecular flexibility index (Phi) is 1.72. The van der Waals surface area contributed by atoms with E-state index in [1.807, 2.05) is 13.0 Å². The van der Waals surface area contributed by atoms with Crippen LogP contribution in [0.25, 0.3) is 0 Å². The van der Waals surface area contributed by atoms with Crippen LogP contribution in [0.3, 0.4) is 0 Å². The lowest BCUT2D eigenvalue weighted by molar-refractivity contribution is -0.110. The second-order valence-corrected chi connectivity index (χ2v) is 2.85. The predicted octanol–water partition coefficient (Wildman–Crippen LogP) is 0.789. The Morgan fingerprint density at radius 2 is 2.30 bits per heavy atom. The average molecular weight is 137 g/mol. The number of allylic oxidation sites excluding steroid dienone is 2. The van der Waals surface area contributed by atoms with E-state index in [-0.39, 0.29) is 11.3 Å². The van der Waals surface area contributed by atoms with E-state index in [1.54, 1.807) is 12.2 Å². The molecule has 0 bridgehead atoms. The lowest BCUT2D eigenvalue weighted by Crippen LogP contribution is -2.32. The molecule has 0 fully saturated rings. The third-order valence-electron chi connectivity index (χ3n) is 1.47. The van der Waals surface area contributed by atoms with Crippen molar-refractivity contribution in [1.29, 1.82) is 0 Å². The van der Waals surface area contributed by atoms with Crippen molar-refractivity contribution in [2.75, 3.05) is 0 Å². The summed E-state index contributed by atoms with van der Waals surface area (Å²) < 4.78 is 0. The van der Waals surface area contributed by atoms with Crippen LogP contribution in [0.15, 0.2) is 24.3 Å². The molecule has 1 aliphatic rings. The summed E-state index contributed by atoms with van der Waals surface area (Å²) in [5.74, 6) is 0.0224. The number of nitrogens with two attached hydrogens (primary N) is 1. The first-order valence-electron chi connectivity index (χ1n) is 3.29. The molecule has 1 aliphatic carbocycles. The van der Waals surface area contributed by atoms with Crippen LogP contribution in [0.5, 0.6) is 0 Å². The largest absolute Gasteiger partial charge is 0.322 e. The first-order chi connectivity index (χ1) is 4.60. The summed E-state index contributed by atoms with van der Waals surface area (Å²) in [5, 5.41) is 0. The van der Waals surface area contributed by atoms with E-state index in [0.29, 0.717) is 0 Å². The molecule has 1 unspecified atom stereocenters. The normalized spacial score (nSPS) is 32.4. The molecule has 0 aromatic heterocycles. The van der Waals surface area contributed by atoms with Gasteiger partial charge < -0.3 is 5.73 Å². The molecule has 0 spiro atoms. The Morgan fingerprint density at radius 1 is 1.60 bits per heavy atom. The molecular weight excluding hydrogens is 126 g/mol. The first-order valence-corrected chi connectivity index (χ1v) is 3.29. The minimum Gasteiger partial charge on any atom is -0.322 e. The van der Waals surface area contributed by atoms with E-state index >= 15 is 0 Å². The molecule has 0 aliphatic heterocycles. The summed E-state index contributed by atoms with van der Waals surface area (Å²) in [7, 11) is 0. The zero-order chi connectivity index (χ0) is 7.61. The van der Waals surface area contributed by atoms with Gasteiger partial charge in [0.25, 0.3) is 0 Å². The Balaban J connectivity index is 2.82. The average Bonchev–Trinajstić information content (AvgIpc) is 1.94. The van der Waals surface area contributed by atoms with Crippen molar-refractivity contribution in [3.8, 4) is 0 Å². The molecule has 0 aromatic rings. The van der Waals surface area contributed by atoms with Crippen molar-refractivity contribution in [3.63, 3.8) is 0 Å². The van der Waals surface area contributed by atoms with Crippen molar-refractivity contribution in [1.82, 2.24) is 0 Å². The van der Waals surface area contributed by atoms with E-state index in [4.69, 9.17) is 5.73 Å². The second kappa shape index (κ2) is 2.39. The lowest BCUT2D eigenvalue weighted by Gasteiger charge is -2.15. The molecule has 2 nitrogen and oxygen atoms in total. The molecule has 0 radical (unpaired) electrons. The maximum atomic E-state index is 10.7. The highest BCUT2D eigenvalue weighted by Crippen LogP contribution is 2.11. The Labute approximate surface area is 60.4 Å². The van der Waals surface area contributed by atoms with Gasteiger partial charge in [0, 0.05) is 5.54 Å². The fourth-order valence-corrected chi connectivity index (χ4v) is 0.825. The van der Waals surface area contributed by atoms with Gasteiger partial charge in [-0.25, -0.2) is 0 Å². The molecule has 0 aromatic carbocycles. The molecule has 1 atom stereocenters. The number of carbonyl (C=O) groups is 1. The summed E-state index contributed by atoms with van der Waals surface area (Å²) in [6, 6.07) is 0. The van der Waals surface area contributed by atoms with E-state index in [0.717, 1.165) is 6.42 Å². The number of hydrogen-bond donors (Lipinski definition) is 1. The van der Waals surface area contributed by atoms with Gasteiger partial charge in [0.15, 0.2) is 5.78 Å². The van der Waals surface area contributed by atoms with Crippen LogP contribution in [0.2, 0.25) is 0 Å². The fourth-order valence-electron chi connectivity index (χ4n) is 0.825. The van der Waals surface area contributed by atoms with E-state index in [1.165, 1.54) is 6.08 Å². The van der Waals surface area contributed by atoms with Gasteiger partial charge >= 0.3 is 0 Å². The molecule has 2 heteroatoms. The van der Waals surface area contributed by atoms with Crippen LogP contribution in [0.1, 0.15) is 13.3 Å². The molecule has 10 heavy (non-hydrogen) atoms. The fraction of sp³-hybridized carbons (Fsp3) is 0.375. The highest BCUT2D eigenvalue weighted by atomic mass is 16.1. The zero-order valence-corrected chi connectivity index (χ0v) is 6.00. The minimum absolute atomic E-state index is 0.0224. The summed E-state index contributed by atoms with van der Waals surface area (Å²) in [6.45, 7) is 1.90. The Morgan fingerprint density at radius 3 is 3.00 bits per heavy atom. The maximum absolute atomic E-state index is 10.7. The molecule has 0 saturated carbocycles. The van der Waals surface area contributed by atoms with Crippen molar-refractivity contribution in [2.45, 2.75) is 18.9 Å². The van der Waals surface area contributed by atoms with Gasteiger partial charge in [-0.3, -0.25) is 4.79 Å². The molecule has 0 heterocycles. The van der Waals surface area contributed by atoms with Gasteiger partial charge in [-0.05, 0) is 25.5 Å². The summed E-state index contributed by atoms with van der Waals surface area (Å²) in [4.78, 5) is 10.7. The molecule has 0 saturated heterocycles. The monoisotopic (exact) mass is 137 g/mol. The van der Waals surface area contributed by atoms with Gasteiger partial charge in [0.2, 0.25) is 0 Å². The van der Waals surface area contributed by atoms with Crippen molar-refractivity contribution in [3.05, 3.63) is 24.3 Å². The Bertz CT molecular complexity index is 201. The lowest BCUT2D eigenvalue weighted by atomic mass is 10.0. The minimum atomic E-state index is -0.345. The van der Waals surface area contributed by atoms with Crippen LogP contribution in [0.4, 0.5) is 0 Å². The van der Waals surface area contributed by atoms with Gasteiger partial charge in [-0.15, -0.1) is 0 Å².